The molecule has 15 heavy (non-hydrogen) atoms. The van der Waals surface area contributed by atoms with Crippen molar-refractivity contribution in [3.63, 3.8) is 0 Å². The number of phenolic OH excluding ortho intramolecular Hbond substituents is 1. The van der Waals surface area contributed by atoms with Gasteiger partial charge in [0, 0.05) is 23.4 Å². The van der Waals surface area contributed by atoms with Gasteiger partial charge in [0.15, 0.2) is 0 Å². The Labute approximate surface area is 88.2 Å². The molecular weight excluding hydrogens is 190 g/mol. The Morgan fingerprint density at radius 3 is 3.00 bits per heavy atom. The molecule has 0 atom stereocenters. The van der Waals surface area contributed by atoms with Crippen LogP contribution in [0, 0.1) is 18.8 Å². The second-order valence-electron chi connectivity index (χ2n) is 3.01. The van der Waals surface area contributed by atoms with Gasteiger partial charge in [-0.1, -0.05) is 17.0 Å². The van der Waals surface area contributed by atoms with Gasteiger partial charge in [0.1, 0.15) is 5.75 Å². The van der Waals surface area contributed by atoms with Crippen LogP contribution in [0.1, 0.15) is 17.5 Å². The molecule has 0 saturated heterocycles. The summed E-state index contributed by atoms with van der Waals surface area (Å²) < 4.78 is 0. The maximum absolute atomic E-state index is 9.28. The van der Waals surface area contributed by atoms with E-state index in [1.165, 1.54) is 0 Å². The molecule has 1 aromatic carbocycles. The Kier molecular flexibility index (Phi) is 4.08. The minimum atomic E-state index is 0.273. The SMILES string of the molecule is Cc1cc(C#CCCN=[N+]=[N-])ccc1O. The predicted molar refractivity (Wildman–Crippen MR) is 58.4 cm³/mol. The molecule has 1 rings (SSSR count). The minimum Gasteiger partial charge on any atom is -0.508 e. The van der Waals surface area contributed by atoms with Crippen molar-refractivity contribution < 1.29 is 5.11 Å². The number of nitrogens with zero attached hydrogens (tertiary/aromatic N) is 3. The van der Waals surface area contributed by atoms with E-state index >= 15 is 0 Å². The molecule has 4 heteroatoms. The quantitative estimate of drug-likeness (QED) is 0.258. The molecule has 0 unspecified atom stereocenters. The summed E-state index contributed by atoms with van der Waals surface area (Å²) >= 11 is 0. The van der Waals surface area contributed by atoms with E-state index in [2.05, 4.69) is 21.9 Å². The fraction of sp³-hybridized carbons (Fsp3) is 0.273. The average molecular weight is 201 g/mol. The second-order valence-corrected chi connectivity index (χ2v) is 3.01. The molecule has 0 bridgehead atoms. The Hall–Kier alpha value is -2.11. The molecule has 0 saturated carbocycles. The first kappa shape index (κ1) is 11.0. The number of aromatic hydroxyl groups is 1. The zero-order valence-corrected chi connectivity index (χ0v) is 8.44. The van der Waals surface area contributed by atoms with E-state index in [-0.39, 0.29) is 5.75 Å². The van der Waals surface area contributed by atoms with Crippen molar-refractivity contribution in [3.05, 3.63) is 39.8 Å². The van der Waals surface area contributed by atoms with Crippen molar-refractivity contribution in [2.45, 2.75) is 13.3 Å². The third-order valence-corrected chi connectivity index (χ3v) is 1.83. The molecule has 0 spiro atoms. The molecule has 0 fully saturated rings. The van der Waals surface area contributed by atoms with Gasteiger partial charge in [-0.15, -0.1) is 0 Å². The molecule has 4 nitrogen and oxygen atoms in total. The molecule has 0 heterocycles. The summed E-state index contributed by atoms with van der Waals surface area (Å²) in [6, 6.07) is 5.19. The van der Waals surface area contributed by atoms with Crippen LogP contribution in [0.4, 0.5) is 0 Å². The zero-order valence-electron chi connectivity index (χ0n) is 8.44. The molecule has 76 valence electrons. The summed E-state index contributed by atoms with van der Waals surface area (Å²) in [5.41, 5.74) is 9.69. The van der Waals surface area contributed by atoms with Crippen LogP contribution in [0.3, 0.4) is 0 Å². The van der Waals surface area contributed by atoms with Crippen LogP contribution in [0.2, 0.25) is 0 Å². The van der Waals surface area contributed by atoms with Crippen molar-refractivity contribution in [1.29, 1.82) is 0 Å². The summed E-state index contributed by atoms with van der Waals surface area (Å²) in [7, 11) is 0. The standard InChI is InChI=1S/C11H11N3O/c1-9-8-10(5-6-11(9)15)4-2-3-7-13-14-12/h5-6,8,15H,3,7H2,1H3. The summed E-state index contributed by atoms with van der Waals surface area (Å²) in [5, 5.41) is 12.7. The van der Waals surface area contributed by atoms with Crippen molar-refractivity contribution >= 4 is 0 Å². The summed E-state index contributed by atoms with van der Waals surface area (Å²) in [6.45, 7) is 2.21. The highest BCUT2D eigenvalue weighted by atomic mass is 16.3. The number of rotatable bonds is 2. The number of aryl methyl sites for hydroxylation is 1. The largest absolute Gasteiger partial charge is 0.508 e. The summed E-state index contributed by atoms with van der Waals surface area (Å²) in [4.78, 5) is 2.63. The smallest absolute Gasteiger partial charge is 0.118 e. The van der Waals surface area contributed by atoms with Crippen LogP contribution in [0.15, 0.2) is 23.3 Å². The topological polar surface area (TPSA) is 69.0 Å². The molecule has 0 radical (unpaired) electrons. The van der Waals surface area contributed by atoms with Gasteiger partial charge in [0.2, 0.25) is 0 Å². The van der Waals surface area contributed by atoms with Crippen molar-refractivity contribution in [3.8, 4) is 17.6 Å². The normalized spacial score (nSPS) is 8.60. The fourth-order valence-corrected chi connectivity index (χ4v) is 1.05. The maximum atomic E-state index is 9.28. The highest BCUT2D eigenvalue weighted by molar-refractivity contribution is 5.42. The molecule has 0 aliphatic heterocycles. The molecule has 0 amide bonds. The van der Waals surface area contributed by atoms with Gasteiger partial charge in [-0.05, 0) is 36.2 Å². The van der Waals surface area contributed by atoms with Crippen LogP contribution >= 0.6 is 0 Å². The van der Waals surface area contributed by atoms with Crippen molar-refractivity contribution in [2.24, 2.45) is 5.11 Å². The lowest BCUT2D eigenvalue weighted by atomic mass is 10.1. The molecular formula is C11H11N3O. The average Bonchev–Trinajstić information content (AvgIpc) is 2.23. The van der Waals surface area contributed by atoms with Gasteiger partial charge in [0.05, 0.1) is 0 Å². The van der Waals surface area contributed by atoms with Gasteiger partial charge >= 0.3 is 0 Å². The number of hydrogen-bond acceptors (Lipinski definition) is 2. The monoisotopic (exact) mass is 201 g/mol. The first-order chi connectivity index (χ1) is 7.24. The van der Waals surface area contributed by atoms with E-state index in [0.29, 0.717) is 13.0 Å². The van der Waals surface area contributed by atoms with Crippen LogP contribution in [-0.4, -0.2) is 11.7 Å². The highest BCUT2D eigenvalue weighted by Crippen LogP contribution is 2.16. The Balaban J connectivity index is 2.64. The second kappa shape index (κ2) is 5.58. The lowest BCUT2D eigenvalue weighted by molar-refractivity contribution is 0.471. The van der Waals surface area contributed by atoms with Crippen molar-refractivity contribution in [2.75, 3.05) is 6.54 Å². The molecule has 0 aliphatic rings. The Morgan fingerprint density at radius 1 is 1.53 bits per heavy atom. The van der Waals surface area contributed by atoms with Gasteiger partial charge in [-0.3, -0.25) is 0 Å². The van der Waals surface area contributed by atoms with Crippen LogP contribution in [-0.2, 0) is 0 Å². The van der Waals surface area contributed by atoms with E-state index in [4.69, 9.17) is 5.53 Å². The van der Waals surface area contributed by atoms with E-state index < -0.39 is 0 Å². The molecule has 0 aliphatic carbocycles. The van der Waals surface area contributed by atoms with Crippen molar-refractivity contribution in [1.82, 2.24) is 0 Å². The zero-order chi connectivity index (χ0) is 11.1. The van der Waals surface area contributed by atoms with Crippen LogP contribution in [0.25, 0.3) is 10.4 Å². The Morgan fingerprint density at radius 2 is 2.33 bits per heavy atom. The molecule has 1 N–H and O–H groups in total. The van der Waals surface area contributed by atoms with E-state index in [1.807, 2.05) is 13.0 Å². The number of hydrogen-bond donors (Lipinski definition) is 1. The lowest BCUT2D eigenvalue weighted by Crippen LogP contribution is -1.79. The first-order valence-corrected chi connectivity index (χ1v) is 4.53. The number of benzene rings is 1. The van der Waals surface area contributed by atoms with Gasteiger partial charge in [-0.2, -0.15) is 0 Å². The van der Waals surface area contributed by atoms with E-state index in [0.717, 1.165) is 11.1 Å². The van der Waals surface area contributed by atoms with Crippen LogP contribution < -0.4 is 0 Å². The summed E-state index contributed by atoms with van der Waals surface area (Å²) in [6.07, 6.45) is 0.546. The number of phenols is 1. The van der Waals surface area contributed by atoms with E-state index in [1.54, 1.807) is 12.1 Å². The van der Waals surface area contributed by atoms with Gasteiger partial charge in [-0.25, -0.2) is 0 Å². The van der Waals surface area contributed by atoms with Crippen LogP contribution in [0.5, 0.6) is 5.75 Å². The third kappa shape index (κ3) is 3.63. The highest BCUT2D eigenvalue weighted by Gasteiger charge is 1.94. The summed E-state index contributed by atoms with van der Waals surface area (Å²) in [5.74, 6) is 6.09. The molecule has 0 aromatic heterocycles. The predicted octanol–water partition coefficient (Wildman–Crippen LogP) is 2.75. The Bertz CT molecular complexity index is 451. The number of azide groups is 1. The fourth-order valence-electron chi connectivity index (χ4n) is 1.05. The maximum Gasteiger partial charge on any atom is 0.118 e. The van der Waals surface area contributed by atoms with Gasteiger partial charge in [0.25, 0.3) is 0 Å². The first-order valence-electron chi connectivity index (χ1n) is 4.53. The molecule has 1 aromatic rings. The third-order valence-electron chi connectivity index (χ3n) is 1.83. The lowest BCUT2D eigenvalue weighted by Gasteiger charge is -1.97. The van der Waals surface area contributed by atoms with Gasteiger partial charge < -0.3 is 5.11 Å². The minimum absolute atomic E-state index is 0.273. The van der Waals surface area contributed by atoms with E-state index in [9.17, 15) is 5.11 Å².